The molecule has 0 aromatic carbocycles. The van der Waals surface area contributed by atoms with E-state index in [4.69, 9.17) is 0 Å². The molecule has 0 spiro atoms. The van der Waals surface area contributed by atoms with Crippen LogP contribution in [-0.4, -0.2) is 32.0 Å². The van der Waals surface area contributed by atoms with E-state index < -0.39 is 0 Å². The molecule has 1 N–H and O–H groups in total. The Kier molecular flexibility index (Phi) is 0.989. The van der Waals surface area contributed by atoms with Crippen molar-refractivity contribution >= 4 is 32.0 Å². The van der Waals surface area contributed by atoms with Crippen molar-refractivity contribution in [2.75, 3.05) is 0 Å². The maximum atomic E-state index is 11.0. The van der Waals surface area contributed by atoms with Crippen molar-refractivity contribution in [2.45, 2.75) is 10.7 Å². The van der Waals surface area contributed by atoms with Gasteiger partial charge in [-0.3, -0.25) is 0 Å². The Morgan fingerprint density at radius 1 is 1.70 bits per heavy atom. The monoisotopic (exact) mass is 151 g/mol. The van der Waals surface area contributed by atoms with Gasteiger partial charge in [-0.05, 0) is 0 Å². The summed E-state index contributed by atoms with van der Waals surface area (Å²) < 4.78 is -0.295. The van der Waals surface area contributed by atoms with Gasteiger partial charge in [-0.2, -0.15) is 0 Å². The van der Waals surface area contributed by atoms with E-state index in [-0.39, 0.29) is 36.8 Å². The SMILES string of the molecule is [CH2]=[Al][C]12CC1C(=O)NC2=O. The molecule has 2 rings (SSSR count). The summed E-state index contributed by atoms with van der Waals surface area (Å²) in [4.78, 5) is 21.9. The van der Waals surface area contributed by atoms with E-state index >= 15 is 0 Å². The summed E-state index contributed by atoms with van der Waals surface area (Å²) in [6, 6.07) is 0. The fraction of sp³-hybridized carbons (Fsp3) is 0.500. The number of carbonyl (C=O) groups is 2. The predicted octanol–water partition coefficient (Wildman–Crippen LogP) is -1.04. The van der Waals surface area contributed by atoms with Gasteiger partial charge >= 0.3 is 63.5 Å². The quantitative estimate of drug-likeness (QED) is 0.384. The van der Waals surface area contributed by atoms with Gasteiger partial charge in [0.25, 0.3) is 0 Å². The van der Waals surface area contributed by atoms with Gasteiger partial charge < -0.3 is 0 Å². The Hall–Kier alpha value is -0.458. The number of rotatable bonds is 1. The summed E-state index contributed by atoms with van der Waals surface area (Å²) >= 11 is -0.136. The third-order valence-corrected chi connectivity index (χ3v) is 3.97. The second-order valence-corrected chi connectivity index (χ2v) is 4.26. The standard InChI is InChI=1S/C5H4NO2.CH2.Al/c7-4-2-1-3(2)5(8)6-4;;/h2H,1H2,(H,6,7,8);1H2;. The average Bonchev–Trinajstić information content (AvgIpc) is 2.57. The molecule has 1 saturated carbocycles. The molecule has 0 aromatic heterocycles. The molecular formula is C6H6AlNO2. The Bertz CT molecular complexity index is 250. The van der Waals surface area contributed by atoms with E-state index in [1.54, 1.807) is 0 Å². The zero-order valence-electron chi connectivity index (χ0n) is 5.39. The number of hydrogen-bond donors (Lipinski definition) is 1. The van der Waals surface area contributed by atoms with Crippen LogP contribution in [0.2, 0.25) is 4.28 Å². The molecule has 1 aliphatic carbocycles. The number of piperidine rings is 1. The molecule has 1 heterocycles. The Labute approximate surface area is 64.0 Å². The van der Waals surface area contributed by atoms with Crippen molar-refractivity contribution < 1.29 is 9.59 Å². The van der Waals surface area contributed by atoms with Crippen LogP contribution in [0.4, 0.5) is 0 Å². The molecular weight excluding hydrogens is 145 g/mol. The molecule has 50 valence electrons. The van der Waals surface area contributed by atoms with E-state index in [9.17, 15) is 9.59 Å². The van der Waals surface area contributed by atoms with Crippen LogP contribution in [0, 0.1) is 5.92 Å². The van der Waals surface area contributed by atoms with Gasteiger partial charge in [-0.15, -0.1) is 0 Å². The molecule has 1 saturated heterocycles. The Balaban J connectivity index is 2.40. The van der Waals surface area contributed by atoms with Gasteiger partial charge in [0.2, 0.25) is 0 Å². The van der Waals surface area contributed by atoms with E-state index in [0.717, 1.165) is 6.42 Å². The summed E-state index contributed by atoms with van der Waals surface area (Å²) in [5, 5.41) is 6.05. The van der Waals surface area contributed by atoms with Crippen LogP contribution >= 0.6 is 0 Å². The Morgan fingerprint density at radius 3 is 2.60 bits per heavy atom. The van der Waals surface area contributed by atoms with E-state index in [2.05, 4.69) is 10.7 Å². The third-order valence-electron chi connectivity index (χ3n) is 2.34. The third kappa shape index (κ3) is 0.495. The first-order valence-electron chi connectivity index (χ1n) is 3.19. The normalized spacial score (nSPS) is 42.2. The van der Waals surface area contributed by atoms with Crippen LogP contribution in [0.15, 0.2) is 0 Å². The van der Waals surface area contributed by atoms with E-state index in [1.165, 1.54) is 0 Å². The first-order valence-corrected chi connectivity index (χ1v) is 4.59. The minimum absolute atomic E-state index is 0.00694. The Morgan fingerprint density at radius 2 is 2.40 bits per heavy atom. The van der Waals surface area contributed by atoms with Crippen molar-refractivity contribution in [3.63, 3.8) is 0 Å². The van der Waals surface area contributed by atoms with Crippen molar-refractivity contribution in [1.82, 2.24) is 5.32 Å². The van der Waals surface area contributed by atoms with Gasteiger partial charge in [0.1, 0.15) is 0 Å². The van der Waals surface area contributed by atoms with Gasteiger partial charge in [-0.25, -0.2) is 0 Å². The molecule has 4 heteroatoms. The van der Waals surface area contributed by atoms with Gasteiger partial charge in [0.15, 0.2) is 0 Å². The van der Waals surface area contributed by atoms with Crippen LogP contribution in [0.25, 0.3) is 0 Å². The minimum atomic E-state index is -0.295. The summed E-state index contributed by atoms with van der Waals surface area (Å²) in [6.45, 7) is 0. The summed E-state index contributed by atoms with van der Waals surface area (Å²) in [6.07, 6.45) is 0.760. The van der Waals surface area contributed by atoms with E-state index in [1.807, 2.05) is 0 Å². The average molecular weight is 151 g/mol. The van der Waals surface area contributed by atoms with Crippen LogP contribution in [0.3, 0.4) is 0 Å². The van der Waals surface area contributed by atoms with E-state index in [0.29, 0.717) is 0 Å². The summed E-state index contributed by atoms with van der Waals surface area (Å²) in [5.41, 5.74) is 0. The number of carbonyl (C=O) groups excluding carboxylic acids is 2. The molecule has 1 aliphatic heterocycles. The fourth-order valence-corrected chi connectivity index (χ4v) is 2.59. The zero-order chi connectivity index (χ0) is 7.35. The first-order chi connectivity index (χ1) is 4.70. The van der Waals surface area contributed by atoms with Crippen LogP contribution in [0.5, 0.6) is 0 Å². The molecule has 2 fully saturated rings. The van der Waals surface area contributed by atoms with Crippen molar-refractivity contribution in [2.24, 2.45) is 5.92 Å². The van der Waals surface area contributed by atoms with Crippen LogP contribution in [-0.2, 0) is 9.59 Å². The molecule has 0 aromatic rings. The fourth-order valence-electron chi connectivity index (χ4n) is 1.49. The number of imide groups is 1. The van der Waals surface area contributed by atoms with Gasteiger partial charge in [0, 0.05) is 0 Å². The molecule has 2 amide bonds. The molecule has 10 heavy (non-hydrogen) atoms. The van der Waals surface area contributed by atoms with Crippen molar-refractivity contribution in [3.05, 3.63) is 0 Å². The molecule has 2 atom stereocenters. The van der Waals surface area contributed by atoms with Crippen LogP contribution < -0.4 is 5.32 Å². The van der Waals surface area contributed by atoms with Crippen LogP contribution in [0.1, 0.15) is 6.42 Å². The molecule has 3 nitrogen and oxygen atoms in total. The number of nitrogens with one attached hydrogen (secondary N) is 1. The zero-order valence-corrected chi connectivity index (χ0v) is 6.54. The summed E-state index contributed by atoms with van der Waals surface area (Å²) in [5.74, 6) is -0.166. The number of fused-ring (bicyclic) bond motifs is 1. The molecule has 0 radical (unpaired) electrons. The summed E-state index contributed by atoms with van der Waals surface area (Å²) in [7, 11) is 0. The maximum absolute atomic E-state index is 11.0. The van der Waals surface area contributed by atoms with Crippen molar-refractivity contribution in [1.29, 1.82) is 0 Å². The predicted molar refractivity (Wildman–Crippen MR) is 36.8 cm³/mol. The van der Waals surface area contributed by atoms with Crippen molar-refractivity contribution in [3.8, 4) is 0 Å². The molecule has 2 unspecified atom stereocenters. The number of hydrogen-bond acceptors (Lipinski definition) is 2. The second kappa shape index (κ2) is 1.58. The molecule has 0 bridgehead atoms. The van der Waals surface area contributed by atoms with Gasteiger partial charge in [0.05, 0.1) is 0 Å². The number of amides is 2. The first kappa shape index (κ1) is 6.27. The molecule has 2 aliphatic rings. The topological polar surface area (TPSA) is 46.2 Å². The second-order valence-electron chi connectivity index (χ2n) is 2.82. The van der Waals surface area contributed by atoms with Gasteiger partial charge in [-0.1, -0.05) is 0 Å².